The molecule has 0 unspecified atom stereocenters. The quantitative estimate of drug-likeness (QED) is 0.189. The summed E-state index contributed by atoms with van der Waals surface area (Å²) in [6.45, 7) is 0.324. The Labute approximate surface area is 217 Å². The third-order valence-electron chi connectivity index (χ3n) is 4.84. The van der Waals surface area contributed by atoms with Crippen molar-refractivity contribution in [1.82, 2.24) is 5.43 Å². The highest BCUT2D eigenvalue weighted by Gasteiger charge is 2.07. The molecule has 0 bridgehead atoms. The zero-order valence-electron chi connectivity index (χ0n) is 18.3. The smallest absolute Gasteiger partial charge is 0.271 e. The molecule has 0 radical (unpaired) electrons. The Bertz CT molecular complexity index is 1340. The van der Waals surface area contributed by atoms with Gasteiger partial charge >= 0.3 is 0 Å². The van der Waals surface area contributed by atoms with Crippen LogP contribution in [0.4, 0.5) is 0 Å². The molecule has 0 atom stereocenters. The summed E-state index contributed by atoms with van der Waals surface area (Å²) in [7, 11) is 0. The largest absolute Gasteiger partial charge is 0.489 e. The van der Waals surface area contributed by atoms with E-state index in [9.17, 15) is 4.79 Å². The lowest BCUT2D eigenvalue weighted by Gasteiger charge is -2.09. The maximum absolute atomic E-state index is 12.5. The van der Waals surface area contributed by atoms with Crippen molar-refractivity contribution in [2.24, 2.45) is 5.10 Å². The number of para-hydroxylation sites is 1. The predicted octanol–water partition coefficient (Wildman–Crippen LogP) is 7.78. The molecule has 0 fully saturated rings. The van der Waals surface area contributed by atoms with Gasteiger partial charge in [-0.15, -0.1) is 0 Å². The number of nitrogens with zero attached hydrogens (tertiary/aromatic N) is 1. The first-order valence-electron chi connectivity index (χ1n) is 10.5. The van der Waals surface area contributed by atoms with Crippen molar-refractivity contribution in [3.8, 4) is 17.2 Å². The number of carbonyl (C=O) groups excluding carboxylic acids is 1. The highest BCUT2D eigenvalue weighted by molar-refractivity contribution is 6.42. The predicted molar refractivity (Wildman–Crippen MR) is 140 cm³/mol. The molecule has 176 valence electrons. The van der Waals surface area contributed by atoms with E-state index in [0.717, 1.165) is 5.56 Å². The van der Waals surface area contributed by atoms with Crippen LogP contribution in [0.1, 0.15) is 21.5 Å². The SMILES string of the molecule is O=C(NN=Cc1ccccc1Oc1ccc(Cl)cc1)c1ccc(OCc2ccc(Cl)c(Cl)c2)cc1. The third kappa shape index (κ3) is 6.99. The van der Waals surface area contributed by atoms with Crippen molar-refractivity contribution in [1.29, 1.82) is 0 Å². The van der Waals surface area contributed by atoms with E-state index in [2.05, 4.69) is 10.5 Å². The fraction of sp³-hybridized carbons (Fsp3) is 0.0370. The number of rotatable bonds is 8. The van der Waals surface area contributed by atoms with Gasteiger partial charge in [0.05, 0.1) is 16.3 Å². The van der Waals surface area contributed by atoms with Gasteiger partial charge in [0.15, 0.2) is 0 Å². The molecule has 1 N–H and O–H groups in total. The van der Waals surface area contributed by atoms with Crippen LogP contribution in [0.15, 0.2) is 96.1 Å². The van der Waals surface area contributed by atoms with E-state index >= 15 is 0 Å². The summed E-state index contributed by atoms with van der Waals surface area (Å²) in [5, 5.41) is 5.66. The first-order chi connectivity index (χ1) is 17.0. The Kier molecular flexibility index (Phi) is 8.27. The minimum absolute atomic E-state index is 0.324. The fourth-order valence-electron chi connectivity index (χ4n) is 3.03. The number of hydrogen-bond donors (Lipinski definition) is 1. The molecule has 0 aliphatic rings. The summed E-state index contributed by atoms with van der Waals surface area (Å²) in [4.78, 5) is 12.5. The summed E-state index contributed by atoms with van der Waals surface area (Å²) in [6, 6.07) is 26.5. The molecule has 0 aliphatic carbocycles. The zero-order valence-corrected chi connectivity index (χ0v) is 20.5. The first kappa shape index (κ1) is 24.6. The fourth-order valence-corrected chi connectivity index (χ4v) is 3.48. The van der Waals surface area contributed by atoms with Gasteiger partial charge in [-0.3, -0.25) is 4.79 Å². The number of carbonyl (C=O) groups is 1. The van der Waals surface area contributed by atoms with E-state index in [0.29, 0.717) is 50.1 Å². The van der Waals surface area contributed by atoms with E-state index < -0.39 is 0 Å². The molecule has 4 aromatic carbocycles. The number of benzene rings is 4. The second-order valence-electron chi connectivity index (χ2n) is 7.35. The number of amides is 1. The molecule has 0 saturated carbocycles. The van der Waals surface area contributed by atoms with Gasteiger partial charge < -0.3 is 9.47 Å². The normalized spacial score (nSPS) is 10.8. The minimum atomic E-state index is -0.353. The van der Waals surface area contributed by atoms with Gasteiger partial charge in [0, 0.05) is 16.1 Å². The van der Waals surface area contributed by atoms with E-state index in [4.69, 9.17) is 44.3 Å². The van der Waals surface area contributed by atoms with Crippen LogP contribution in [0, 0.1) is 0 Å². The number of nitrogens with one attached hydrogen (secondary N) is 1. The van der Waals surface area contributed by atoms with Gasteiger partial charge in [0.2, 0.25) is 0 Å². The lowest BCUT2D eigenvalue weighted by atomic mass is 10.2. The van der Waals surface area contributed by atoms with Gasteiger partial charge in [0.1, 0.15) is 23.9 Å². The Morgan fingerprint density at radius 1 is 0.829 bits per heavy atom. The van der Waals surface area contributed by atoms with Crippen LogP contribution in [-0.4, -0.2) is 12.1 Å². The lowest BCUT2D eigenvalue weighted by molar-refractivity contribution is 0.0955. The van der Waals surface area contributed by atoms with Crippen molar-refractivity contribution in [3.05, 3.63) is 123 Å². The maximum Gasteiger partial charge on any atom is 0.271 e. The number of ether oxygens (including phenoxy) is 2. The molecular formula is C27H19Cl3N2O3. The van der Waals surface area contributed by atoms with Gasteiger partial charge in [0.25, 0.3) is 5.91 Å². The van der Waals surface area contributed by atoms with E-state index in [1.54, 1.807) is 60.7 Å². The Balaban J connectivity index is 1.33. The van der Waals surface area contributed by atoms with Crippen molar-refractivity contribution in [2.75, 3.05) is 0 Å². The minimum Gasteiger partial charge on any atom is -0.489 e. The Morgan fingerprint density at radius 3 is 2.29 bits per heavy atom. The van der Waals surface area contributed by atoms with Gasteiger partial charge in [-0.2, -0.15) is 5.10 Å². The van der Waals surface area contributed by atoms with Gasteiger partial charge in [-0.25, -0.2) is 5.43 Å². The van der Waals surface area contributed by atoms with Gasteiger partial charge in [-0.05, 0) is 78.4 Å². The summed E-state index contributed by atoms with van der Waals surface area (Å²) in [5.41, 5.74) is 4.55. The molecule has 5 nitrogen and oxygen atoms in total. The average Bonchev–Trinajstić information content (AvgIpc) is 2.87. The molecule has 0 heterocycles. The van der Waals surface area contributed by atoms with Crippen LogP contribution in [0.3, 0.4) is 0 Å². The summed E-state index contributed by atoms with van der Waals surface area (Å²) >= 11 is 17.9. The number of hydrazone groups is 1. The molecule has 8 heteroatoms. The number of halogens is 3. The second kappa shape index (κ2) is 11.8. The third-order valence-corrected chi connectivity index (χ3v) is 5.83. The van der Waals surface area contributed by atoms with Crippen molar-refractivity contribution in [2.45, 2.75) is 6.61 Å². The van der Waals surface area contributed by atoms with Crippen LogP contribution in [0.2, 0.25) is 15.1 Å². The lowest BCUT2D eigenvalue weighted by Crippen LogP contribution is -2.17. The molecular weight excluding hydrogens is 507 g/mol. The Morgan fingerprint density at radius 2 is 1.54 bits per heavy atom. The molecule has 0 aromatic heterocycles. The van der Waals surface area contributed by atoms with Crippen molar-refractivity contribution >= 4 is 46.9 Å². The van der Waals surface area contributed by atoms with Crippen LogP contribution in [0.5, 0.6) is 17.2 Å². The Hall–Kier alpha value is -3.51. The molecule has 0 aliphatic heterocycles. The van der Waals surface area contributed by atoms with E-state index in [1.165, 1.54) is 6.21 Å². The standard InChI is InChI=1S/C27H19Cl3N2O3/c28-21-8-12-23(13-9-21)35-26-4-2-1-3-20(26)16-31-32-27(33)19-6-10-22(11-7-19)34-17-18-5-14-24(29)25(30)15-18/h1-16H,17H2,(H,32,33). The zero-order chi connectivity index (χ0) is 24.6. The molecule has 4 aromatic rings. The number of hydrogen-bond acceptors (Lipinski definition) is 4. The van der Waals surface area contributed by atoms with Gasteiger partial charge in [-0.1, -0.05) is 53.0 Å². The van der Waals surface area contributed by atoms with E-state index in [1.807, 2.05) is 30.3 Å². The van der Waals surface area contributed by atoms with Crippen molar-refractivity contribution in [3.63, 3.8) is 0 Å². The molecule has 1 amide bonds. The topological polar surface area (TPSA) is 59.9 Å². The van der Waals surface area contributed by atoms with Crippen LogP contribution in [0.25, 0.3) is 0 Å². The average molecular weight is 526 g/mol. The summed E-state index contributed by atoms with van der Waals surface area (Å²) in [5.74, 6) is 1.50. The highest BCUT2D eigenvalue weighted by Crippen LogP contribution is 2.26. The highest BCUT2D eigenvalue weighted by atomic mass is 35.5. The monoisotopic (exact) mass is 524 g/mol. The van der Waals surface area contributed by atoms with Crippen LogP contribution in [-0.2, 0) is 6.61 Å². The molecule has 0 saturated heterocycles. The van der Waals surface area contributed by atoms with E-state index in [-0.39, 0.29) is 5.91 Å². The van der Waals surface area contributed by atoms with Crippen LogP contribution >= 0.6 is 34.8 Å². The van der Waals surface area contributed by atoms with Crippen LogP contribution < -0.4 is 14.9 Å². The summed E-state index contributed by atoms with van der Waals surface area (Å²) < 4.78 is 11.6. The molecule has 0 spiro atoms. The van der Waals surface area contributed by atoms with Crippen molar-refractivity contribution < 1.29 is 14.3 Å². The summed E-state index contributed by atoms with van der Waals surface area (Å²) in [6.07, 6.45) is 1.53. The maximum atomic E-state index is 12.5. The first-order valence-corrected chi connectivity index (χ1v) is 11.6. The second-order valence-corrected chi connectivity index (χ2v) is 8.61. The molecule has 35 heavy (non-hydrogen) atoms. The molecule has 4 rings (SSSR count).